The normalized spacial score (nSPS) is 15.4. The number of carboxylic acids is 2. The van der Waals surface area contributed by atoms with Gasteiger partial charge in [0.2, 0.25) is 0 Å². The quantitative estimate of drug-likeness (QED) is 0.397. The number of ether oxygens (including phenoxy) is 2. The van der Waals surface area contributed by atoms with E-state index in [0.29, 0.717) is 6.04 Å². The van der Waals surface area contributed by atoms with Gasteiger partial charge in [0.05, 0.1) is 18.3 Å². The summed E-state index contributed by atoms with van der Waals surface area (Å²) in [7, 11) is 5.68. The maximum atomic E-state index is 9.10. The largest absolute Gasteiger partial charge is 0.493 e. The van der Waals surface area contributed by atoms with E-state index < -0.39 is 11.9 Å². The van der Waals surface area contributed by atoms with Crippen LogP contribution in [0.3, 0.4) is 0 Å². The van der Waals surface area contributed by atoms with Gasteiger partial charge in [-0.05, 0) is 81.0 Å². The van der Waals surface area contributed by atoms with Gasteiger partial charge in [-0.3, -0.25) is 0 Å². The summed E-state index contributed by atoms with van der Waals surface area (Å²) in [5.41, 5.74) is 2.77. The van der Waals surface area contributed by atoms with Crippen LogP contribution in [0.25, 0.3) is 0 Å². The molecule has 1 aliphatic heterocycles. The lowest BCUT2D eigenvalue weighted by Gasteiger charge is -2.37. The Morgan fingerprint density at radius 2 is 1.61 bits per heavy atom. The fraction of sp³-hybridized carbons (Fsp3) is 0.481. The van der Waals surface area contributed by atoms with E-state index in [4.69, 9.17) is 29.3 Å². The molecule has 2 N–H and O–H groups in total. The summed E-state index contributed by atoms with van der Waals surface area (Å²) in [6.45, 7) is 3.45. The van der Waals surface area contributed by atoms with Crippen LogP contribution in [-0.4, -0.2) is 72.4 Å². The maximum Gasteiger partial charge on any atom is 0.414 e. The van der Waals surface area contributed by atoms with Gasteiger partial charge >= 0.3 is 11.9 Å². The van der Waals surface area contributed by atoms with Crippen LogP contribution in [-0.2, 0) is 20.1 Å². The summed E-state index contributed by atoms with van der Waals surface area (Å²) in [6.07, 6.45) is 4.74. The Kier molecular flexibility index (Phi) is 12.5. The SMILES string of the molecule is COc1ccc(C2(CCCN(C)C(C)Cc3ccccc3)SCCCS2)cc1OC.O=C(O)C(=O)O. The van der Waals surface area contributed by atoms with Gasteiger partial charge in [-0.1, -0.05) is 36.4 Å². The first-order chi connectivity index (χ1) is 17.2. The molecule has 0 amide bonds. The monoisotopic (exact) mass is 535 g/mol. The minimum absolute atomic E-state index is 0.112. The van der Waals surface area contributed by atoms with Crippen LogP contribution >= 0.6 is 23.5 Å². The topological polar surface area (TPSA) is 96.3 Å². The van der Waals surface area contributed by atoms with Crippen molar-refractivity contribution < 1.29 is 29.3 Å². The summed E-state index contributed by atoms with van der Waals surface area (Å²) in [6, 6.07) is 17.8. The summed E-state index contributed by atoms with van der Waals surface area (Å²) in [4.78, 5) is 20.7. The highest BCUT2D eigenvalue weighted by atomic mass is 32.2. The van der Waals surface area contributed by atoms with Crippen LogP contribution < -0.4 is 9.47 Å². The number of carboxylic acid groups (broad SMARTS) is 2. The molecule has 1 fully saturated rings. The highest BCUT2D eigenvalue weighted by Crippen LogP contribution is 2.54. The molecule has 9 heteroatoms. The van der Waals surface area contributed by atoms with Crippen molar-refractivity contribution >= 4 is 35.5 Å². The number of hydrogen-bond donors (Lipinski definition) is 2. The number of hydrogen-bond acceptors (Lipinski definition) is 7. The molecule has 3 rings (SSSR count). The van der Waals surface area contributed by atoms with Crippen molar-refractivity contribution in [3.05, 3.63) is 59.7 Å². The molecule has 0 radical (unpaired) electrons. The van der Waals surface area contributed by atoms with Crippen LogP contribution in [0.2, 0.25) is 0 Å². The number of aliphatic carboxylic acids is 2. The van der Waals surface area contributed by atoms with Crippen molar-refractivity contribution in [2.24, 2.45) is 0 Å². The first kappa shape index (κ1) is 29.9. The molecule has 1 heterocycles. The molecule has 0 saturated carbocycles. The van der Waals surface area contributed by atoms with Gasteiger partial charge in [-0.25, -0.2) is 9.59 Å². The molecule has 1 saturated heterocycles. The standard InChI is InChI=1S/C25H35NO2S2.C2H2O4/c1-20(18-21-10-6-5-7-11-21)26(2)15-8-14-25(29-16-9-17-30-25)22-12-13-23(27-3)24(19-22)28-4;3-1(4)2(5)6/h5-7,10-13,19-20H,8-9,14-18H2,1-4H3;(H,3,4)(H,5,6). The van der Waals surface area contributed by atoms with Crippen LogP contribution in [0.15, 0.2) is 48.5 Å². The van der Waals surface area contributed by atoms with E-state index in [2.05, 4.69) is 90.9 Å². The molecule has 2 aromatic carbocycles. The number of carbonyl (C=O) groups is 2. The first-order valence-corrected chi connectivity index (χ1v) is 13.9. The minimum atomic E-state index is -1.82. The van der Waals surface area contributed by atoms with Crippen LogP contribution in [0.1, 0.15) is 37.3 Å². The smallest absolute Gasteiger partial charge is 0.414 e. The Balaban J connectivity index is 0.000000678. The molecule has 1 aliphatic rings. The van der Waals surface area contributed by atoms with Crippen LogP contribution in [0, 0.1) is 0 Å². The number of nitrogens with zero attached hydrogens (tertiary/aromatic N) is 1. The Morgan fingerprint density at radius 3 is 2.17 bits per heavy atom. The van der Waals surface area contributed by atoms with Gasteiger partial charge in [-0.15, -0.1) is 23.5 Å². The third kappa shape index (κ3) is 8.94. The zero-order valence-electron chi connectivity index (χ0n) is 21.4. The van der Waals surface area contributed by atoms with Gasteiger partial charge in [0, 0.05) is 6.04 Å². The van der Waals surface area contributed by atoms with Gasteiger partial charge in [0.1, 0.15) is 0 Å². The van der Waals surface area contributed by atoms with Gasteiger partial charge in [-0.2, -0.15) is 0 Å². The average molecular weight is 536 g/mol. The van der Waals surface area contributed by atoms with E-state index in [1.165, 1.54) is 41.9 Å². The Bertz CT molecular complexity index is 954. The molecular formula is C27H37NO6S2. The van der Waals surface area contributed by atoms with E-state index in [0.717, 1.165) is 24.5 Å². The lowest BCUT2D eigenvalue weighted by Crippen LogP contribution is -2.33. The van der Waals surface area contributed by atoms with Crippen molar-refractivity contribution in [1.82, 2.24) is 4.90 Å². The summed E-state index contributed by atoms with van der Waals surface area (Å²) >= 11 is 4.21. The predicted octanol–water partition coefficient (Wildman–Crippen LogP) is 5.23. The number of likely N-dealkylation sites (N-methyl/N-ethyl adjacent to an activating group) is 1. The second-order valence-electron chi connectivity index (χ2n) is 8.61. The Labute approximate surface area is 222 Å². The maximum absolute atomic E-state index is 9.10. The van der Waals surface area contributed by atoms with Crippen molar-refractivity contribution in [1.29, 1.82) is 0 Å². The second kappa shape index (κ2) is 15.0. The van der Waals surface area contributed by atoms with Crippen molar-refractivity contribution in [3.8, 4) is 11.5 Å². The van der Waals surface area contributed by atoms with Crippen LogP contribution in [0.4, 0.5) is 0 Å². The van der Waals surface area contributed by atoms with Crippen molar-refractivity contribution in [2.45, 2.75) is 42.7 Å². The summed E-state index contributed by atoms with van der Waals surface area (Å²) in [5, 5.41) is 14.8. The molecule has 7 nitrogen and oxygen atoms in total. The zero-order chi connectivity index (χ0) is 26.6. The third-order valence-electron chi connectivity index (χ3n) is 6.11. The third-order valence-corrected chi connectivity index (χ3v) is 9.61. The molecule has 0 bridgehead atoms. The Morgan fingerprint density at radius 1 is 1.00 bits per heavy atom. The minimum Gasteiger partial charge on any atom is -0.493 e. The number of thioether (sulfide) groups is 2. The number of benzene rings is 2. The van der Waals surface area contributed by atoms with Crippen LogP contribution in [0.5, 0.6) is 11.5 Å². The predicted molar refractivity (Wildman–Crippen MR) is 148 cm³/mol. The van der Waals surface area contributed by atoms with E-state index in [1.807, 2.05) is 0 Å². The number of methoxy groups -OCH3 is 2. The van der Waals surface area contributed by atoms with E-state index in [1.54, 1.807) is 14.2 Å². The molecule has 1 unspecified atom stereocenters. The average Bonchev–Trinajstić information content (AvgIpc) is 2.89. The fourth-order valence-electron chi connectivity index (χ4n) is 4.00. The molecule has 2 aromatic rings. The van der Waals surface area contributed by atoms with Gasteiger partial charge in [0.15, 0.2) is 11.5 Å². The fourth-order valence-corrected chi connectivity index (χ4v) is 7.41. The first-order valence-electron chi connectivity index (χ1n) is 11.9. The molecule has 36 heavy (non-hydrogen) atoms. The molecule has 1 atom stereocenters. The Hall–Kier alpha value is -2.36. The van der Waals surface area contributed by atoms with E-state index in [9.17, 15) is 0 Å². The summed E-state index contributed by atoms with van der Waals surface area (Å²) in [5.74, 6) is 0.430. The molecule has 0 spiro atoms. The molecule has 0 aliphatic carbocycles. The van der Waals surface area contributed by atoms with E-state index >= 15 is 0 Å². The van der Waals surface area contributed by atoms with Gasteiger partial charge in [0.25, 0.3) is 0 Å². The molecule has 0 aromatic heterocycles. The summed E-state index contributed by atoms with van der Waals surface area (Å²) < 4.78 is 11.2. The van der Waals surface area contributed by atoms with Gasteiger partial charge < -0.3 is 24.6 Å². The lowest BCUT2D eigenvalue weighted by atomic mass is 10.0. The zero-order valence-corrected chi connectivity index (χ0v) is 23.1. The van der Waals surface area contributed by atoms with E-state index in [-0.39, 0.29) is 4.08 Å². The lowest BCUT2D eigenvalue weighted by molar-refractivity contribution is -0.159. The van der Waals surface area contributed by atoms with Crippen molar-refractivity contribution in [3.63, 3.8) is 0 Å². The molecule has 198 valence electrons. The second-order valence-corrected chi connectivity index (χ2v) is 11.7. The highest BCUT2D eigenvalue weighted by molar-refractivity contribution is 8.18. The van der Waals surface area contributed by atoms with Crippen molar-refractivity contribution in [2.75, 3.05) is 39.3 Å². The highest BCUT2D eigenvalue weighted by Gasteiger charge is 2.36. The molecular weight excluding hydrogens is 498 g/mol. The number of rotatable bonds is 10.